The number of rotatable bonds is 5. The van der Waals surface area contributed by atoms with Gasteiger partial charge in [-0.3, -0.25) is 0 Å². The fourth-order valence-electron chi connectivity index (χ4n) is 1.83. The topological polar surface area (TPSA) is 42.1 Å². The van der Waals surface area contributed by atoms with Crippen LogP contribution in [0.5, 0.6) is 0 Å². The molecule has 1 aromatic rings. The third-order valence-electron chi connectivity index (χ3n) is 2.90. The third kappa shape index (κ3) is 2.42. The Morgan fingerprint density at radius 2 is 2.44 bits per heavy atom. The molecule has 1 atom stereocenters. The molecule has 1 aliphatic carbocycles. The molecule has 1 aromatic heterocycles. The number of pyridine rings is 1. The van der Waals surface area contributed by atoms with Crippen LogP contribution in [0.1, 0.15) is 31.4 Å². The van der Waals surface area contributed by atoms with Gasteiger partial charge in [-0.25, -0.2) is 4.98 Å². The zero-order chi connectivity index (χ0) is 11.5. The van der Waals surface area contributed by atoms with Crippen LogP contribution in [-0.4, -0.2) is 17.6 Å². The van der Waals surface area contributed by atoms with Crippen molar-refractivity contribution in [3.8, 4) is 0 Å². The summed E-state index contributed by atoms with van der Waals surface area (Å²) >= 11 is 0. The number of aromatic nitrogens is 1. The average Bonchev–Trinajstić information content (AvgIpc) is 3.10. The minimum Gasteiger partial charge on any atom is -0.350 e. The number of hydrogen-bond acceptors (Lipinski definition) is 3. The Kier molecular flexibility index (Phi) is 3.25. The van der Waals surface area contributed by atoms with Gasteiger partial charge in [-0.15, -0.1) is 6.58 Å². The average molecular weight is 217 g/mol. The fraction of sp³-hybridized carbons (Fsp3) is 0.462. The predicted octanol–water partition coefficient (Wildman–Crippen LogP) is 2.26. The van der Waals surface area contributed by atoms with E-state index in [9.17, 15) is 0 Å². The van der Waals surface area contributed by atoms with E-state index in [4.69, 9.17) is 5.73 Å². The summed E-state index contributed by atoms with van der Waals surface area (Å²) in [6.07, 6.45) is 6.29. The molecule has 2 N–H and O–H groups in total. The lowest BCUT2D eigenvalue weighted by Gasteiger charge is -2.22. The zero-order valence-electron chi connectivity index (χ0n) is 9.76. The quantitative estimate of drug-likeness (QED) is 0.769. The first-order valence-corrected chi connectivity index (χ1v) is 5.81. The molecule has 1 saturated carbocycles. The number of nitrogens with two attached hydrogens (primary N) is 1. The van der Waals surface area contributed by atoms with Gasteiger partial charge in [0.25, 0.3) is 0 Å². The largest absolute Gasteiger partial charge is 0.350 e. The lowest BCUT2D eigenvalue weighted by molar-refractivity contribution is 0.800. The Hall–Kier alpha value is -1.35. The molecule has 3 heteroatoms. The van der Waals surface area contributed by atoms with Gasteiger partial charge >= 0.3 is 0 Å². The molecule has 3 nitrogen and oxygen atoms in total. The maximum absolute atomic E-state index is 5.88. The molecule has 0 aliphatic heterocycles. The van der Waals surface area contributed by atoms with Gasteiger partial charge in [-0.2, -0.15) is 0 Å². The predicted molar refractivity (Wildman–Crippen MR) is 67.4 cm³/mol. The van der Waals surface area contributed by atoms with Crippen LogP contribution in [0.25, 0.3) is 0 Å². The molecular formula is C13H19N3. The van der Waals surface area contributed by atoms with E-state index in [1.807, 2.05) is 25.3 Å². The van der Waals surface area contributed by atoms with E-state index >= 15 is 0 Å². The van der Waals surface area contributed by atoms with Crippen molar-refractivity contribution < 1.29 is 0 Å². The SMILES string of the molecule is C=CCN(c1cc([C@H](C)N)ccn1)C1CC1. The van der Waals surface area contributed by atoms with Crippen molar-refractivity contribution in [3.63, 3.8) is 0 Å². The van der Waals surface area contributed by atoms with E-state index in [0.29, 0.717) is 6.04 Å². The van der Waals surface area contributed by atoms with Crippen molar-refractivity contribution in [2.75, 3.05) is 11.4 Å². The Balaban J connectivity index is 2.22. The molecule has 0 spiro atoms. The molecule has 0 amide bonds. The summed E-state index contributed by atoms with van der Waals surface area (Å²) in [6, 6.07) is 4.78. The van der Waals surface area contributed by atoms with E-state index in [0.717, 1.165) is 17.9 Å². The summed E-state index contributed by atoms with van der Waals surface area (Å²) in [6.45, 7) is 6.65. The van der Waals surface area contributed by atoms with Crippen LogP contribution in [0.15, 0.2) is 31.0 Å². The summed E-state index contributed by atoms with van der Waals surface area (Å²) in [5.74, 6) is 1.03. The normalized spacial score (nSPS) is 16.9. The molecule has 0 saturated heterocycles. The minimum absolute atomic E-state index is 0.0616. The van der Waals surface area contributed by atoms with E-state index in [1.165, 1.54) is 12.8 Å². The molecule has 1 fully saturated rings. The van der Waals surface area contributed by atoms with Gasteiger partial charge in [0, 0.05) is 24.8 Å². The van der Waals surface area contributed by atoms with Crippen molar-refractivity contribution in [2.24, 2.45) is 5.73 Å². The third-order valence-corrected chi connectivity index (χ3v) is 2.90. The fourth-order valence-corrected chi connectivity index (χ4v) is 1.83. The van der Waals surface area contributed by atoms with Crippen LogP contribution in [-0.2, 0) is 0 Å². The van der Waals surface area contributed by atoms with Crippen molar-refractivity contribution in [1.82, 2.24) is 4.98 Å². The molecule has 2 rings (SSSR count). The first-order chi connectivity index (χ1) is 7.72. The second-order valence-electron chi connectivity index (χ2n) is 4.41. The maximum Gasteiger partial charge on any atom is 0.129 e. The van der Waals surface area contributed by atoms with Gasteiger partial charge in [-0.1, -0.05) is 6.08 Å². The van der Waals surface area contributed by atoms with Gasteiger partial charge in [0.1, 0.15) is 5.82 Å². The lowest BCUT2D eigenvalue weighted by Crippen LogP contribution is -2.26. The van der Waals surface area contributed by atoms with Gasteiger partial charge in [-0.05, 0) is 37.5 Å². The Labute approximate surface area is 97.0 Å². The number of nitrogens with zero attached hydrogens (tertiary/aromatic N) is 2. The molecule has 0 aromatic carbocycles. The van der Waals surface area contributed by atoms with Crippen LogP contribution in [0.3, 0.4) is 0 Å². The van der Waals surface area contributed by atoms with Gasteiger partial charge < -0.3 is 10.6 Å². The maximum atomic E-state index is 5.88. The summed E-state index contributed by atoms with van der Waals surface area (Å²) in [5, 5.41) is 0. The summed E-state index contributed by atoms with van der Waals surface area (Å²) in [5.41, 5.74) is 7.02. The van der Waals surface area contributed by atoms with Crippen LogP contribution in [0.4, 0.5) is 5.82 Å². The first-order valence-electron chi connectivity index (χ1n) is 5.81. The number of anilines is 1. The van der Waals surface area contributed by atoms with Crippen LogP contribution in [0.2, 0.25) is 0 Å². The highest BCUT2D eigenvalue weighted by Gasteiger charge is 2.29. The van der Waals surface area contributed by atoms with Crippen molar-refractivity contribution >= 4 is 5.82 Å². The molecule has 0 bridgehead atoms. The summed E-state index contributed by atoms with van der Waals surface area (Å²) in [4.78, 5) is 6.73. The highest BCUT2D eigenvalue weighted by atomic mass is 15.2. The summed E-state index contributed by atoms with van der Waals surface area (Å²) < 4.78 is 0. The van der Waals surface area contributed by atoms with Crippen molar-refractivity contribution in [1.29, 1.82) is 0 Å². The van der Waals surface area contributed by atoms with E-state index < -0.39 is 0 Å². The van der Waals surface area contributed by atoms with Crippen molar-refractivity contribution in [3.05, 3.63) is 36.5 Å². The smallest absolute Gasteiger partial charge is 0.129 e. The highest BCUT2D eigenvalue weighted by molar-refractivity contribution is 5.45. The Bertz CT molecular complexity index is 369. The second kappa shape index (κ2) is 4.66. The van der Waals surface area contributed by atoms with Crippen molar-refractivity contribution in [2.45, 2.75) is 31.8 Å². The molecule has 16 heavy (non-hydrogen) atoms. The van der Waals surface area contributed by atoms with Gasteiger partial charge in [0.05, 0.1) is 0 Å². The minimum atomic E-state index is 0.0616. The lowest BCUT2D eigenvalue weighted by atomic mass is 10.1. The zero-order valence-corrected chi connectivity index (χ0v) is 9.76. The molecular weight excluding hydrogens is 198 g/mol. The second-order valence-corrected chi connectivity index (χ2v) is 4.41. The molecule has 1 heterocycles. The van der Waals surface area contributed by atoms with E-state index in [-0.39, 0.29) is 6.04 Å². The summed E-state index contributed by atoms with van der Waals surface area (Å²) in [7, 11) is 0. The molecule has 1 aliphatic rings. The van der Waals surface area contributed by atoms with Gasteiger partial charge in [0.15, 0.2) is 0 Å². The van der Waals surface area contributed by atoms with E-state index in [1.54, 1.807) is 0 Å². The first kappa shape index (κ1) is 11.1. The standard InChI is InChI=1S/C13H19N3/c1-3-8-16(12-4-5-12)13-9-11(10(2)14)6-7-15-13/h3,6-7,9-10,12H,1,4-5,8,14H2,2H3/t10-/m0/s1. The van der Waals surface area contributed by atoms with Gasteiger partial charge in [0.2, 0.25) is 0 Å². The van der Waals surface area contributed by atoms with E-state index in [2.05, 4.69) is 22.5 Å². The monoisotopic (exact) mass is 217 g/mol. The Morgan fingerprint density at radius 1 is 1.69 bits per heavy atom. The highest BCUT2D eigenvalue weighted by Crippen LogP contribution is 2.31. The van der Waals surface area contributed by atoms with Crippen LogP contribution >= 0.6 is 0 Å². The van der Waals surface area contributed by atoms with Crippen LogP contribution < -0.4 is 10.6 Å². The number of hydrogen-bond donors (Lipinski definition) is 1. The Morgan fingerprint density at radius 3 is 3.00 bits per heavy atom. The van der Waals surface area contributed by atoms with Crippen LogP contribution in [0, 0.1) is 0 Å². The molecule has 86 valence electrons. The molecule has 0 unspecified atom stereocenters. The molecule has 0 radical (unpaired) electrons.